The van der Waals surface area contributed by atoms with Crippen molar-refractivity contribution in [3.05, 3.63) is 35.6 Å². The number of benzene rings is 1. The smallest absolute Gasteiger partial charge is 0.126 e. The van der Waals surface area contributed by atoms with Gasteiger partial charge in [-0.15, -0.1) is 0 Å². The van der Waals surface area contributed by atoms with Gasteiger partial charge in [-0.25, -0.2) is 4.39 Å². The van der Waals surface area contributed by atoms with Crippen LogP contribution in [0.15, 0.2) is 24.3 Å². The van der Waals surface area contributed by atoms with Crippen molar-refractivity contribution in [1.82, 2.24) is 0 Å². The molecule has 0 radical (unpaired) electrons. The second-order valence-electron chi connectivity index (χ2n) is 3.87. The van der Waals surface area contributed by atoms with Gasteiger partial charge in [-0.1, -0.05) is 32.0 Å². The zero-order chi connectivity index (χ0) is 11.3. The maximum absolute atomic E-state index is 13.4. The zero-order valence-electron chi connectivity index (χ0n) is 9.26. The van der Waals surface area contributed by atoms with Crippen molar-refractivity contribution in [3.8, 4) is 6.07 Å². The van der Waals surface area contributed by atoms with Gasteiger partial charge in [0.25, 0.3) is 0 Å². The number of rotatable bonds is 4. The molecule has 0 spiro atoms. The highest BCUT2D eigenvalue weighted by atomic mass is 19.1. The fourth-order valence-electron chi connectivity index (χ4n) is 1.70. The molecule has 0 amide bonds. The lowest BCUT2D eigenvalue weighted by molar-refractivity contribution is 0.357. The Morgan fingerprint density at radius 1 is 1.27 bits per heavy atom. The summed E-state index contributed by atoms with van der Waals surface area (Å²) in [6.45, 7) is 3.96. The number of hydrogen-bond donors (Lipinski definition) is 0. The first-order chi connectivity index (χ1) is 7.17. The lowest BCUT2D eigenvalue weighted by Gasteiger charge is -2.23. The van der Waals surface area contributed by atoms with Gasteiger partial charge >= 0.3 is 0 Å². The van der Waals surface area contributed by atoms with Gasteiger partial charge in [0.1, 0.15) is 5.82 Å². The standard InChI is InChI=1S/C13H16FN/c1-3-13(4-2,10-15)9-11-7-5-6-8-12(11)14/h5-8H,3-4,9H2,1-2H3. The van der Waals surface area contributed by atoms with E-state index in [2.05, 4.69) is 6.07 Å². The third-order valence-corrected chi connectivity index (χ3v) is 3.08. The van der Waals surface area contributed by atoms with Crippen LogP contribution in [0, 0.1) is 22.6 Å². The molecule has 0 aliphatic carbocycles. The lowest BCUT2D eigenvalue weighted by atomic mass is 9.78. The van der Waals surface area contributed by atoms with Gasteiger partial charge in [0.05, 0.1) is 11.5 Å². The van der Waals surface area contributed by atoms with E-state index in [0.29, 0.717) is 12.0 Å². The van der Waals surface area contributed by atoms with E-state index in [1.54, 1.807) is 12.1 Å². The Kier molecular flexibility index (Phi) is 3.85. The van der Waals surface area contributed by atoms with E-state index < -0.39 is 5.41 Å². The summed E-state index contributed by atoms with van der Waals surface area (Å²) in [5.41, 5.74) is 0.227. The van der Waals surface area contributed by atoms with Crippen molar-refractivity contribution < 1.29 is 4.39 Å². The zero-order valence-corrected chi connectivity index (χ0v) is 9.26. The first kappa shape index (κ1) is 11.7. The largest absolute Gasteiger partial charge is 0.207 e. The molecule has 0 aliphatic rings. The van der Waals surface area contributed by atoms with E-state index in [9.17, 15) is 4.39 Å². The molecule has 0 heterocycles. The number of nitrogens with zero attached hydrogens (tertiary/aromatic N) is 1. The number of nitriles is 1. The monoisotopic (exact) mass is 205 g/mol. The molecule has 1 aromatic carbocycles. The van der Waals surface area contributed by atoms with Gasteiger partial charge in [0.2, 0.25) is 0 Å². The molecule has 0 saturated carbocycles. The summed E-state index contributed by atoms with van der Waals surface area (Å²) in [5.74, 6) is -0.209. The van der Waals surface area contributed by atoms with Crippen molar-refractivity contribution in [2.24, 2.45) is 5.41 Å². The van der Waals surface area contributed by atoms with Crippen molar-refractivity contribution in [3.63, 3.8) is 0 Å². The molecular formula is C13H16FN. The van der Waals surface area contributed by atoms with Crippen molar-refractivity contribution in [1.29, 1.82) is 5.26 Å². The van der Waals surface area contributed by atoms with E-state index >= 15 is 0 Å². The van der Waals surface area contributed by atoms with Crippen LogP contribution in [0.1, 0.15) is 32.3 Å². The predicted molar refractivity (Wildman–Crippen MR) is 58.7 cm³/mol. The molecule has 0 aromatic heterocycles. The Hall–Kier alpha value is -1.36. The van der Waals surface area contributed by atoms with Crippen LogP contribution in [-0.2, 0) is 6.42 Å². The normalized spacial score (nSPS) is 11.1. The van der Waals surface area contributed by atoms with E-state index in [0.717, 1.165) is 12.8 Å². The average molecular weight is 205 g/mol. The number of hydrogen-bond acceptors (Lipinski definition) is 1. The third-order valence-electron chi connectivity index (χ3n) is 3.08. The maximum Gasteiger partial charge on any atom is 0.126 e. The first-order valence-electron chi connectivity index (χ1n) is 5.32. The molecule has 0 bridgehead atoms. The first-order valence-corrected chi connectivity index (χ1v) is 5.32. The fraction of sp³-hybridized carbons (Fsp3) is 0.462. The van der Waals surface area contributed by atoms with Gasteiger partial charge < -0.3 is 0 Å². The highest BCUT2D eigenvalue weighted by molar-refractivity contribution is 5.21. The SMILES string of the molecule is CCC(C#N)(CC)Cc1ccccc1F. The molecule has 2 heteroatoms. The predicted octanol–water partition coefficient (Wildman–Crippen LogP) is 3.70. The summed E-state index contributed by atoms with van der Waals surface area (Å²) in [6, 6.07) is 9.01. The van der Waals surface area contributed by atoms with Crippen molar-refractivity contribution in [2.45, 2.75) is 33.1 Å². The number of halogens is 1. The molecule has 1 nitrogen and oxygen atoms in total. The minimum atomic E-state index is -0.414. The average Bonchev–Trinajstić information content (AvgIpc) is 2.29. The molecule has 0 atom stereocenters. The fourth-order valence-corrected chi connectivity index (χ4v) is 1.70. The van der Waals surface area contributed by atoms with E-state index in [4.69, 9.17) is 5.26 Å². The Labute approximate surface area is 90.5 Å². The Balaban J connectivity index is 2.94. The van der Waals surface area contributed by atoms with Crippen LogP contribution < -0.4 is 0 Å². The second kappa shape index (κ2) is 4.93. The molecule has 0 aliphatic heterocycles. The highest BCUT2D eigenvalue weighted by Crippen LogP contribution is 2.30. The Bertz CT molecular complexity index is 361. The molecule has 1 aromatic rings. The minimum Gasteiger partial charge on any atom is -0.207 e. The van der Waals surface area contributed by atoms with Crippen LogP contribution in [0.3, 0.4) is 0 Å². The van der Waals surface area contributed by atoms with Crippen LogP contribution in [-0.4, -0.2) is 0 Å². The summed E-state index contributed by atoms with van der Waals surface area (Å²) < 4.78 is 13.4. The minimum absolute atomic E-state index is 0.209. The maximum atomic E-state index is 13.4. The summed E-state index contributed by atoms with van der Waals surface area (Å²) in [4.78, 5) is 0. The van der Waals surface area contributed by atoms with Crippen LogP contribution in [0.4, 0.5) is 4.39 Å². The lowest BCUT2D eigenvalue weighted by Crippen LogP contribution is -2.20. The Morgan fingerprint density at radius 3 is 2.33 bits per heavy atom. The summed E-state index contributed by atoms with van der Waals surface area (Å²) in [6.07, 6.45) is 2.02. The van der Waals surface area contributed by atoms with Gasteiger partial charge in [-0.3, -0.25) is 0 Å². The molecule has 0 fully saturated rings. The Morgan fingerprint density at radius 2 is 1.87 bits per heavy atom. The van der Waals surface area contributed by atoms with Crippen LogP contribution >= 0.6 is 0 Å². The van der Waals surface area contributed by atoms with Gasteiger partial charge in [-0.05, 0) is 30.9 Å². The van der Waals surface area contributed by atoms with Crippen LogP contribution in [0.25, 0.3) is 0 Å². The van der Waals surface area contributed by atoms with Crippen molar-refractivity contribution in [2.75, 3.05) is 0 Å². The molecule has 15 heavy (non-hydrogen) atoms. The van der Waals surface area contributed by atoms with Crippen molar-refractivity contribution >= 4 is 0 Å². The third kappa shape index (κ3) is 2.56. The van der Waals surface area contributed by atoms with E-state index in [-0.39, 0.29) is 5.82 Å². The quantitative estimate of drug-likeness (QED) is 0.735. The van der Waals surface area contributed by atoms with Gasteiger partial charge in [0.15, 0.2) is 0 Å². The highest BCUT2D eigenvalue weighted by Gasteiger charge is 2.27. The van der Waals surface area contributed by atoms with Crippen LogP contribution in [0.2, 0.25) is 0 Å². The van der Waals surface area contributed by atoms with Crippen LogP contribution in [0.5, 0.6) is 0 Å². The summed E-state index contributed by atoms with van der Waals surface area (Å²) in [7, 11) is 0. The van der Waals surface area contributed by atoms with E-state index in [1.165, 1.54) is 6.07 Å². The molecule has 0 saturated heterocycles. The van der Waals surface area contributed by atoms with Gasteiger partial charge in [-0.2, -0.15) is 5.26 Å². The topological polar surface area (TPSA) is 23.8 Å². The molecule has 0 N–H and O–H groups in total. The molecular weight excluding hydrogens is 189 g/mol. The summed E-state index contributed by atoms with van der Waals surface area (Å²) in [5, 5.41) is 9.16. The second-order valence-corrected chi connectivity index (χ2v) is 3.87. The molecule has 80 valence electrons. The molecule has 0 unspecified atom stereocenters. The van der Waals surface area contributed by atoms with E-state index in [1.807, 2.05) is 19.9 Å². The summed E-state index contributed by atoms with van der Waals surface area (Å²) >= 11 is 0. The van der Waals surface area contributed by atoms with Gasteiger partial charge in [0, 0.05) is 0 Å². The molecule has 1 rings (SSSR count).